The summed E-state index contributed by atoms with van der Waals surface area (Å²) < 4.78 is 14.1. The van der Waals surface area contributed by atoms with E-state index in [4.69, 9.17) is 9.47 Å². The fraction of sp³-hybridized carbons (Fsp3) is 0.213. The van der Waals surface area contributed by atoms with Crippen LogP contribution < -0.4 is 15.4 Å². The first-order chi connectivity index (χ1) is 28.9. The van der Waals surface area contributed by atoms with Crippen molar-refractivity contribution >= 4 is 34.5 Å². The first-order valence-electron chi connectivity index (χ1n) is 19.5. The van der Waals surface area contributed by atoms with Gasteiger partial charge in [-0.2, -0.15) is 0 Å². The Kier molecular flexibility index (Phi) is 9.98. The molecule has 294 valence electrons. The third kappa shape index (κ3) is 6.41. The number of ether oxygens (including phenoxy) is 2. The van der Waals surface area contributed by atoms with Crippen LogP contribution in [0.3, 0.4) is 0 Å². The van der Waals surface area contributed by atoms with Crippen molar-refractivity contribution in [3.63, 3.8) is 0 Å². The molecule has 3 aliphatic rings. The van der Waals surface area contributed by atoms with E-state index in [1.165, 1.54) is 0 Å². The number of amides is 2. The van der Waals surface area contributed by atoms with E-state index >= 15 is 4.79 Å². The molecule has 3 aliphatic heterocycles. The molecule has 0 saturated carbocycles. The number of hydrogen-bond acceptors (Lipinski definition) is 9. The average molecular weight is 785 g/mol. The summed E-state index contributed by atoms with van der Waals surface area (Å²) in [5, 5.41) is 24.2. The van der Waals surface area contributed by atoms with Crippen LogP contribution in [0.5, 0.6) is 5.75 Å². The van der Waals surface area contributed by atoms with Gasteiger partial charge in [0.2, 0.25) is 11.8 Å². The van der Waals surface area contributed by atoms with E-state index in [0.29, 0.717) is 28.1 Å². The van der Waals surface area contributed by atoms with Gasteiger partial charge < -0.3 is 25.2 Å². The molecule has 2 fully saturated rings. The van der Waals surface area contributed by atoms with Crippen molar-refractivity contribution < 1.29 is 29.0 Å². The molecule has 2 saturated heterocycles. The second kappa shape index (κ2) is 15.7. The largest absolute Gasteiger partial charge is 0.491 e. The van der Waals surface area contributed by atoms with Crippen LogP contribution in [-0.4, -0.2) is 68.6 Å². The number of carbonyl (C=O) groups excluding carboxylic acids is 3. The minimum Gasteiger partial charge on any atom is -0.491 e. The molecule has 12 heteroatoms. The summed E-state index contributed by atoms with van der Waals surface area (Å²) in [5.74, 6) is 4.07. The van der Waals surface area contributed by atoms with Crippen LogP contribution in [0.4, 0.5) is 5.69 Å². The summed E-state index contributed by atoms with van der Waals surface area (Å²) in [5.41, 5.74) is 3.76. The Morgan fingerprint density at radius 3 is 2.44 bits per heavy atom. The van der Waals surface area contributed by atoms with Crippen molar-refractivity contribution in [1.82, 2.24) is 25.2 Å². The monoisotopic (exact) mass is 784 g/mol. The van der Waals surface area contributed by atoms with E-state index in [-0.39, 0.29) is 26.3 Å². The second-order valence-electron chi connectivity index (χ2n) is 14.7. The molecule has 6 aromatic rings. The molecule has 0 bridgehead atoms. The number of aliphatic hydroxyl groups is 1. The molecule has 1 aromatic heterocycles. The van der Waals surface area contributed by atoms with E-state index < -0.39 is 53.3 Å². The number of fused-ring (bicyclic) bond motifs is 4. The topological polar surface area (TPSA) is 148 Å². The number of rotatable bonds is 10. The van der Waals surface area contributed by atoms with Gasteiger partial charge >= 0.3 is 5.97 Å². The number of benzene rings is 5. The van der Waals surface area contributed by atoms with Gasteiger partial charge in [0, 0.05) is 17.8 Å². The van der Waals surface area contributed by atoms with Crippen molar-refractivity contribution in [3.05, 3.63) is 168 Å². The summed E-state index contributed by atoms with van der Waals surface area (Å²) in [6, 6.07) is 36.8. The van der Waals surface area contributed by atoms with Crippen LogP contribution >= 0.6 is 0 Å². The van der Waals surface area contributed by atoms with Crippen LogP contribution in [0.2, 0.25) is 0 Å². The molecule has 0 radical (unpaired) electrons. The quantitative estimate of drug-likeness (QED) is 0.0941. The summed E-state index contributed by atoms with van der Waals surface area (Å²) >= 11 is 0. The lowest BCUT2D eigenvalue weighted by Crippen LogP contribution is -2.54. The van der Waals surface area contributed by atoms with Gasteiger partial charge in [-0.1, -0.05) is 108 Å². The van der Waals surface area contributed by atoms with Crippen molar-refractivity contribution in [2.24, 2.45) is 5.92 Å². The van der Waals surface area contributed by atoms with E-state index in [1.54, 1.807) is 22.9 Å². The molecule has 5 aromatic carbocycles. The molecule has 0 unspecified atom stereocenters. The van der Waals surface area contributed by atoms with Crippen molar-refractivity contribution in [3.8, 4) is 17.6 Å². The van der Waals surface area contributed by atoms with Crippen LogP contribution in [0.1, 0.15) is 46.0 Å². The molecule has 12 nitrogen and oxygen atoms in total. The highest BCUT2D eigenvalue weighted by Crippen LogP contribution is 2.65. The first-order valence-corrected chi connectivity index (χ1v) is 19.5. The van der Waals surface area contributed by atoms with E-state index in [9.17, 15) is 14.7 Å². The Labute approximate surface area is 340 Å². The van der Waals surface area contributed by atoms with Gasteiger partial charge in [-0.15, -0.1) is 11.7 Å². The van der Waals surface area contributed by atoms with Gasteiger partial charge in [-0.3, -0.25) is 19.3 Å². The molecular weight excluding hydrogens is 745 g/mol. The predicted molar refractivity (Wildman–Crippen MR) is 220 cm³/mol. The summed E-state index contributed by atoms with van der Waals surface area (Å²) in [7, 11) is 0. The van der Waals surface area contributed by atoms with Gasteiger partial charge in [0.15, 0.2) is 0 Å². The molecule has 1 spiro atoms. The summed E-state index contributed by atoms with van der Waals surface area (Å²) in [6.45, 7) is 4.02. The minimum absolute atomic E-state index is 0.0446. The summed E-state index contributed by atoms with van der Waals surface area (Å²) in [6.07, 6.45) is 0.753. The highest BCUT2D eigenvalue weighted by atomic mass is 16.6. The molecular formula is C47H40N6O6. The predicted octanol–water partition coefficient (Wildman–Crippen LogP) is 5.43. The average Bonchev–Trinajstić information content (AvgIpc) is 3.92. The lowest BCUT2D eigenvalue weighted by molar-refractivity contribution is -0.178. The number of morpholine rings is 1. The number of esters is 1. The highest BCUT2D eigenvalue weighted by Gasteiger charge is 2.74. The zero-order valence-corrected chi connectivity index (χ0v) is 31.9. The van der Waals surface area contributed by atoms with Gasteiger partial charge in [-0.05, 0) is 64.7 Å². The Morgan fingerprint density at radius 2 is 1.66 bits per heavy atom. The Morgan fingerprint density at radius 1 is 0.915 bits per heavy atom. The van der Waals surface area contributed by atoms with Crippen LogP contribution in [-0.2, 0) is 31.1 Å². The lowest BCUT2D eigenvalue weighted by Gasteiger charge is -2.46. The fourth-order valence-corrected chi connectivity index (χ4v) is 9.14. The fourth-order valence-electron chi connectivity index (χ4n) is 9.14. The highest BCUT2D eigenvalue weighted by molar-refractivity contribution is 6.12. The maximum atomic E-state index is 15.3. The number of para-hydroxylation sites is 1. The Balaban J connectivity index is 1.27. The smallest absolute Gasteiger partial charge is 0.324 e. The summed E-state index contributed by atoms with van der Waals surface area (Å²) in [4.78, 5) is 47.2. The van der Waals surface area contributed by atoms with Crippen LogP contribution in [0, 0.1) is 17.8 Å². The zero-order valence-electron chi connectivity index (χ0n) is 31.9. The van der Waals surface area contributed by atoms with Gasteiger partial charge in [0.25, 0.3) is 0 Å². The number of carbonyl (C=O) groups is 3. The second-order valence-corrected chi connectivity index (χ2v) is 14.7. The van der Waals surface area contributed by atoms with Gasteiger partial charge in [0.1, 0.15) is 42.0 Å². The lowest BCUT2D eigenvalue weighted by atomic mass is 9.65. The molecule has 9 rings (SSSR count). The normalized spacial score (nSPS) is 23.1. The maximum absolute atomic E-state index is 15.3. The van der Waals surface area contributed by atoms with Crippen LogP contribution in [0.25, 0.3) is 11.0 Å². The zero-order chi connectivity index (χ0) is 40.5. The SMILES string of the molecule is C=CCNC(=O)[C@@H]1[C@H]2C(=O)O[C@H](c3ccccc3)[C@H](c3ccccc3)N2[C@H](c2cccc(OCCO)c2)[C@@]12C(=O)Nc1ccc(C#CCn3nnc4ccccc43)cc12. The number of anilines is 1. The Bertz CT molecular complexity index is 2640. The Hall–Kier alpha value is -7.07. The van der Waals surface area contributed by atoms with Crippen molar-refractivity contribution in [1.29, 1.82) is 0 Å². The molecule has 6 atom stereocenters. The van der Waals surface area contributed by atoms with Gasteiger partial charge in [-0.25, -0.2) is 4.68 Å². The maximum Gasteiger partial charge on any atom is 0.324 e. The number of nitrogens with zero attached hydrogens (tertiary/aromatic N) is 4. The van der Waals surface area contributed by atoms with Crippen molar-refractivity contribution in [2.45, 2.75) is 36.2 Å². The van der Waals surface area contributed by atoms with Crippen LogP contribution in [0.15, 0.2) is 140 Å². The number of aromatic nitrogens is 3. The standard InChI is InChI=1S/C47H40N6O6/c1-2-24-48-44(55)39-41-45(56)59-42(32-16-7-4-8-17-32)40(31-14-5-3-6-15-31)53(41)43(33-18-11-19-34(29-33)58-27-26-54)47(39)35-28-30(22-23-36(35)49-46(47)57)13-12-25-52-38-21-10-9-20-37(38)50-51-52/h2-11,14-23,28-29,39-43,54H,1,24-27H2,(H,48,55)(H,49,57)/t39-,40-,41-,42+,43+,47-/m0/s1. The van der Waals surface area contributed by atoms with Gasteiger partial charge in [0.05, 0.1) is 30.1 Å². The number of cyclic esters (lactones) is 1. The van der Waals surface area contributed by atoms with Crippen molar-refractivity contribution in [2.75, 3.05) is 25.1 Å². The van der Waals surface area contributed by atoms with E-state index in [0.717, 1.165) is 22.2 Å². The number of nitrogens with one attached hydrogen (secondary N) is 2. The first kappa shape index (κ1) is 37.5. The molecule has 59 heavy (non-hydrogen) atoms. The molecule has 4 heterocycles. The molecule has 2 amide bonds. The third-order valence-corrected chi connectivity index (χ3v) is 11.4. The minimum atomic E-state index is -1.70. The molecule has 3 N–H and O–H groups in total. The third-order valence-electron chi connectivity index (χ3n) is 11.4. The molecule has 0 aliphatic carbocycles. The van der Waals surface area contributed by atoms with E-state index in [1.807, 2.05) is 120 Å². The van der Waals surface area contributed by atoms with E-state index in [2.05, 4.69) is 39.4 Å². The number of aliphatic hydroxyl groups excluding tert-OH is 1. The number of hydrogen-bond donors (Lipinski definition) is 3.